The molecule has 168 valence electrons. The van der Waals surface area contributed by atoms with Gasteiger partial charge < -0.3 is 20.1 Å². The molecule has 2 atom stereocenters. The monoisotopic (exact) mass is 419 g/mol. The lowest BCUT2D eigenvalue weighted by molar-refractivity contribution is -0.0835. The Kier molecular flexibility index (Phi) is 7.75. The van der Waals surface area contributed by atoms with E-state index in [1.54, 1.807) is 12.1 Å². The molecule has 0 aliphatic carbocycles. The van der Waals surface area contributed by atoms with Crippen LogP contribution in [0, 0.1) is 17.2 Å². The molecular weight excluding hydrogens is 381 g/mol. The normalized spacial score (nSPS) is 25.0. The van der Waals surface area contributed by atoms with Gasteiger partial charge in [-0.2, -0.15) is 0 Å². The van der Waals surface area contributed by atoms with Crippen molar-refractivity contribution in [2.75, 3.05) is 40.0 Å². The second-order valence-corrected chi connectivity index (χ2v) is 9.77. The van der Waals surface area contributed by atoms with Crippen LogP contribution in [0.5, 0.6) is 0 Å². The number of nitrogens with one attached hydrogen (secondary N) is 2. The smallest absolute Gasteiger partial charge is 0.191 e. The molecule has 3 rings (SSSR count). The number of rotatable bonds is 5. The average molecular weight is 420 g/mol. The van der Waals surface area contributed by atoms with E-state index in [0.717, 1.165) is 63.7 Å². The fourth-order valence-electron chi connectivity index (χ4n) is 4.84. The van der Waals surface area contributed by atoms with Crippen molar-refractivity contribution in [1.82, 2.24) is 10.6 Å². The fraction of sp³-hybridized carbons (Fsp3) is 0.708. The van der Waals surface area contributed by atoms with Crippen molar-refractivity contribution < 1.29 is 13.9 Å². The molecule has 0 saturated carbocycles. The van der Waals surface area contributed by atoms with Crippen LogP contribution in [0.3, 0.4) is 0 Å². The number of aliphatic imine (C=N–C) groups is 1. The van der Waals surface area contributed by atoms with Crippen LogP contribution in [-0.4, -0.2) is 52.0 Å². The van der Waals surface area contributed by atoms with Crippen LogP contribution < -0.4 is 10.6 Å². The number of hydrogen-bond acceptors (Lipinski definition) is 3. The first-order chi connectivity index (χ1) is 14.3. The minimum Gasteiger partial charge on any atom is -0.381 e. The third kappa shape index (κ3) is 5.73. The third-order valence-corrected chi connectivity index (χ3v) is 6.55. The Bertz CT molecular complexity index is 693. The average Bonchev–Trinajstić information content (AvgIpc) is 2.74. The van der Waals surface area contributed by atoms with Crippen LogP contribution in [0.25, 0.3) is 0 Å². The first-order valence-electron chi connectivity index (χ1n) is 11.2. The van der Waals surface area contributed by atoms with Crippen LogP contribution in [0.2, 0.25) is 0 Å². The van der Waals surface area contributed by atoms with Gasteiger partial charge in [0.25, 0.3) is 0 Å². The molecule has 0 radical (unpaired) electrons. The standard InChI is InChI=1S/C24H38FN3O2/c1-23(2,3)21-18(6-5-13-30-21)16-27-22(26-4)28-17-24(11-14-29-15-12-24)19-7-9-20(25)10-8-19/h7-10,18,21H,5-6,11-17H2,1-4H3,(H2,26,27,28). The van der Waals surface area contributed by atoms with E-state index in [0.29, 0.717) is 5.92 Å². The van der Waals surface area contributed by atoms with E-state index in [1.807, 2.05) is 19.2 Å². The largest absolute Gasteiger partial charge is 0.381 e. The molecule has 0 aromatic heterocycles. The lowest BCUT2D eigenvalue weighted by Gasteiger charge is -2.41. The molecule has 2 heterocycles. The predicted octanol–water partition coefficient (Wildman–Crippen LogP) is 3.88. The van der Waals surface area contributed by atoms with Gasteiger partial charge in [-0.1, -0.05) is 32.9 Å². The minimum absolute atomic E-state index is 0.0779. The molecule has 30 heavy (non-hydrogen) atoms. The molecule has 2 fully saturated rings. The molecule has 2 unspecified atom stereocenters. The highest BCUT2D eigenvalue weighted by molar-refractivity contribution is 5.79. The highest BCUT2D eigenvalue weighted by Gasteiger charge is 2.36. The summed E-state index contributed by atoms with van der Waals surface area (Å²) in [6, 6.07) is 6.92. The summed E-state index contributed by atoms with van der Waals surface area (Å²) in [6.45, 7) is 10.6. The minimum atomic E-state index is -0.200. The summed E-state index contributed by atoms with van der Waals surface area (Å²) < 4.78 is 25.2. The quantitative estimate of drug-likeness (QED) is 0.562. The van der Waals surface area contributed by atoms with Crippen molar-refractivity contribution in [2.24, 2.45) is 16.3 Å². The molecule has 1 aromatic rings. The van der Waals surface area contributed by atoms with Gasteiger partial charge >= 0.3 is 0 Å². The maximum atomic E-state index is 13.5. The van der Waals surface area contributed by atoms with Crippen molar-refractivity contribution in [1.29, 1.82) is 0 Å². The first-order valence-corrected chi connectivity index (χ1v) is 11.2. The maximum absolute atomic E-state index is 13.5. The van der Waals surface area contributed by atoms with E-state index < -0.39 is 0 Å². The molecule has 0 amide bonds. The second-order valence-electron chi connectivity index (χ2n) is 9.77. The Hall–Kier alpha value is -1.66. The predicted molar refractivity (Wildman–Crippen MR) is 119 cm³/mol. The van der Waals surface area contributed by atoms with Gasteiger partial charge in [0.1, 0.15) is 5.82 Å². The number of benzene rings is 1. The molecular formula is C24H38FN3O2. The topological polar surface area (TPSA) is 54.9 Å². The van der Waals surface area contributed by atoms with E-state index in [9.17, 15) is 4.39 Å². The van der Waals surface area contributed by atoms with E-state index in [1.165, 1.54) is 6.42 Å². The molecule has 2 N–H and O–H groups in total. The van der Waals surface area contributed by atoms with Crippen molar-refractivity contribution in [3.8, 4) is 0 Å². The zero-order valence-electron chi connectivity index (χ0n) is 19.0. The Morgan fingerprint density at radius 3 is 2.47 bits per heavy atom. The van der Waals surface area contributed by atoms with Crippen LogP contribution in [0.1, 0.15) is 52.0 Å². The summed E-state index contributed by atoms with van der Waals surface area (Å²) >= 11 is 0. The first kappa shape index (κ1) is 23.0. The highest BCUT2D eigenvalue weighted by atomic mass is 19.1. The molecule has 5 nitrogen and oxygen atoms in total. The van der Waals surface area contributed by atoms with Gasteiger partial charge in [0.2, 0.25) is 0 Å². The van der Waals surface area contributed by atoms with Gasteiger partial charge in [0, 0.05) is 51.3 Å². The summed E-state index contributed by atoms with van der Waals surface area (Å²) in [4.78, 5) is 4.45. The zero-order valence-corrected chi connectivity index (χ0v) is 19.0. The Balaban J connectivity index is 1.62. The molecule has 2 aliphatic heterocycles. The van der Waals surface area contributed by atoms with Crippen molar-refractivity contribution in [2.45, 2.75) is 58.0 Å². The second kappa shape index (κ2) is 10.1. The van der Waals surface area contributed by atoms with Gasteiger partial charge in [0.15, 0.2) is 5.96 Å². The number of guanidine groups is 1. The Morgan fingerprint density at radius 1 is 1.13 bits per heavy atom. The summed E-state index contributed by atoms with van der Waals surface area (Å²) in [5.74, 6) is 1.07. The lowest BCUT2D eigenvalue weighted by Crippen LogP contribution is -2.50. The highest BCUT2D eigenvalue weighted by Crippen LogP contribution is 2.35. The molecule has 2 aliphatic rings. The van der Waals surface area contributed by atoms with Crippen LogP contribution in [-0.2, 0) is 14.9 Å². The molecule has 6 heteroatoms. The summed E-state index contributed by atoms with van der Waals surface area (Å²) in [6.07, 6.45) is 4.34. The Labute approximate surface area is 180 Å². The van der Waals surface area contributed by atoms with Gasteiger partial charge in [-0.25, -0.2) is 4.39 Å². The Morgan fingerprint density at radius 2 is 1.83 bits per heavy atom. The SMILES string of the molecule is CN=C(NCC1CCCOC1C(C)(C)C)NCC1(c2ccc(F)cc2)CCOCC1. The van der Waals surface area contributed by atoms with Gasteiger partial charge in [0.05, 0.1) is 6.10 Å². The van der Waals surface area contributed by atoms with Crippen LogP contribution >= 0.6 is 0 Å². The van der Waals surface area contributed by atoms with Crippen molar-refractivity contribution in [3.05, 3.63) is 35.6 Å². The van der Waals surface area contributed by atoms with Crippen LogP contribution in [0.15, 0.2) is 29.3 Å². The van der Waals surface area contributed by atoms with Gasteiger partial charge in [-0.15, -0.1) is 0 Å². The van der Waals surface area contributed by atoms with E-state index in [4.69, 9.17) is 9.47 Å². The molecule has 2 saturated heterocycles. The van der Waals surface area contributed by atoms with E-state index in [-0.39, 0.29) is 22.8 Å². The van der Waals surface area contributed by atoms with Crippen LogP contribution in [0.4, 0.5) is 4.39 Å². The van der Waals surface area contributed by atoms with E-state index >= 15 is 0 Å². The number of halogens is 1. The van der Waals surface area contributed by atoms with Gasteiger partial charge in [-0.3, -0.25) is 4.99 Å². The summed E-state index contributed by atoms with van der Waals surface area (Å²) in [7, 11) is 1.81. The zero-order chi connectivity index (χ0) is 21.6. The van der Waals surface area contributed by atoms with Crippen molar-refractivity contribution in [3.63, 3.8) is 0 Å². The number of nitrogens with zero attached hydrogens (tertiary/aromatic N) is 1. The molecule has 0 spiro atoms. The summed E-state index contributed by atoms with van der Waals surface area (Å²) in [5.41, 5.74) is 1.20. The molecule has 1 aromatic carbocycles. The third-order valence-electron chi connectivity index (χ3n) is 6.55. The lowest BCUT2D eigenvalue weighted by atomic mass is 9.74. The van der Waals surface area contributed by atoms with E-state index in [2.05, 4.69) is 36.4 Å². The fourth-order valence-corrected chi connectivity index (χ4v) is 4.84. The maximum Gasteiger partial charge on any atom is 0.191 e. The van der Waals surface area contributed by atoms with Crippen molar-refractivity contribution >= 4 is 5.96 Å². The number of hydrogen-bond donors (Lipinski definition) is 2. The summed E-state index contributed by atoms with van der Waals surface area (Å²) in [5, 5.41) is 7.06. The number of ether oxygens (including phenoxy) is 2. The van der Waals surface area contributed by atoms with Gasteiger partial charge in [-0.05, 0) is 48.8 Å². The molecule has 0 bridgehead atoms.